The van der Waals surface area contributed by atoms with Crippen LogP contribution < -0.4 is 9.64 Å². The molecule has 1 aromatic heterocycles. The van der Waals surface area contributed by atoms with Crippen molar-refractivity contribution in [2.75, 3.05) is 4.90 Å². The van der Waals surface area contributed by atoms with Crippen LogP contribution in [-0.4, -0.2) is 22.1 Å². The van der Waals surface area contributed by atoms with Gasteiger partial charge in [0.15, 0.2) is 5.01 Å². The first kappa shape index (κ1) is 19.7. The number of ether oxygens (including phenoxy) is 1. The van der Waals surface area contributed by atoms with Crippen molar-refractivity contribution in [1.82, 2.24) is 10.2 Å². The monoisotopic (exact) mass is 421 g/mol. The molecule has 3 aromatic carbocycles. The lowest BCUT2D eigenvalue weighted by molar-refractivity contribution is -0.131. The van der Waals surface area contributed by atoms with Crippen molar-refractivity contribution < 1.29 is 18.7 Å². The molecule has 0 aliphatic heterocycles. The lowest BCUT2D eigenvalue weighted by Gasteiger charge is -2.17. The molecule has 0 aliphatic carbocycles. The molecule has 0 radical (unpaired) electrons. The molecule has 0 N–H and O–H groups in total. The van der Waals surface area contributed by atoms with E-state index in [2.05, 4.69) is 10.2 Å². The molecule has 8 heteroatoms. The number of nitrogens with zero attached hydrogens (tertiary/aromatic N) is 3. The van der Waals surface area contributed by atoms with Crippen molar-refractivity contribution in [3.05, 3.63) is 66.5 Å². The van der Waals surface area contributed by atoms with Crippen molar-refractivity contribution in [2.45, 2.75) is 13.8 Å². The van der Waals surface area contributed by atoms with Crippen LogP contribution in [0.25, 0.3) is 21.3 Å². The van der Waals surface area contributed by atoms with Gasteiger partial charge in [-0.3, -0.25) is 14.5 Å². The van der Waals surface area contributed by atoms with Gasteiger partial charge >= 0.3 is 5.97 Å². The number of anilines is 2. The van der Waals surface area contributed by atoms with Gasteiger partial charge in [0.1, 0.15) is 11.6 Å². The Morgan fingerprint density at radius 2 is 1.70 bits per heavy atom. The van der Waals surface area contributed by atoms with E-state index >= 15 is 0 Å². The third kappa shape index (κ3) is 3.90. The zero-order valence-electron chi connectivity index (χ0n) is 16.1. The lowest BCUT2D eigenvalue weighted by Crippen LogP contribution is -2.22. The number of benzene rings is 3. The van der Waals surface area contributed by atoms with E-state index in [9.17, 15) is 14.0 Å². The minimum Gasteiger partial charge on any atom is -0.426 e. The average molecular weight is 421 g/mol. The Hall–Kier alpha value is -3.65. The second-order valence-corrected chi connectivity index (χ2v) is 7.47. The first-order valence-corrected chi connectivity index (χ1v) is 9.85. The van der Waals surface area contributed by atoms with Gasteiger partial charge in [-0.1, -0.05) is 41.7 Å². The quantitative estimate of drug-likeness (QED) is 0.338. The maximum Gasteiger partial charge on any atom is 0.308 e. The van der Waals surface area contributed by atoms with Crippen molar-refractivity contribution in [1.29, 1.82) is 0 Å². The Bertz CT molecular complexity index is 1270. The van der Waals surface area contributed by atoms with Crippen LogP contribution in [-0.2, 0) is 9.59 Å². The van der Waals surface area contributed by atoms with E-state index in [0.717, 1.165) is 22.1 Å². The summed E-state index contributed by atoms with van der Waals surface area (Å²) in [4.78, 5) is 25.2. The summed E-state index contributed by atoms with van der Waals surface area (Å²) in [6.45, 7) is 2.69. The molecule has 0 saturated carbocycles. The largest absolute Gasteiger partial charge is 0.426 e. The van der Waals surface area contributed by atoms with Crippen LogP contribution in [0, 0.1) is 5.82 Å². The van der Waals surface area contributed by atoms with Gasteiger partial charge in [0.2, 0.25) is 11.0 Å². The molecule has 30 heavy (non-hydrogen) atoms. The van der Waals surface area contributed by atoms with Gasteiger partial charge in [-0.25, -0.2) is 4.39 Å². The number of halogens is 1. The van der Waals surface area contributed by atoms with Crippen molar-refractivity contribution in [2.24, 2.45) is 0 Å². The third-order valence-electron chi connectivity index (χ3n) is 4.32. The molecule has 0 spiro atoms. The number of carbonyl (C=O) groups excluding carboxylic acids is 2. The molecule has 0 fully saturated rings. The summed E-state index contributed by atoms with van der Waals surface area (Å²) in [5.41, 5.74) is 0.930. The first-order valence-electron chi connectivity index (χ1n) is 9.04. The molecular formula is C22H16FN3O3S. The second-order valence-electron chi connectivity index (χ2n) is 6.51. The maximum atomic E-state index is 13.7. The van der Waals surface area contributed by atoms with Crippen LogP contribution in [0.15, 0.2) is 60.7 Å². The summed E-state index contributed by atoms with van der Waals surface area (Å²) in [6.07, 6.45) is 0. The maximum absolute atomic E-state index is 13.7. The summed E-state index contributed by atoms with van der Waals surface area (Å²) < 4.78 is 19.1. The minimum atomic E-state index is -0.463. The summed E-state index contributed by atoms with van der Waals surface area (Å²) >= 11 is 1.14. The van der Waals surface area contributed by atoms with Gasteiger partial charge in [-0.05, 0) is 41.1 Å². The van der Waals surface area contributed by atoms with Gasteiger partial charge in [0.25, 0.3) is 0 Å². The van der Waals surface area contributed by atoms with Crippen LogP contribution in [0.4, 0.5) is 15.2 Å². The number of carbonyl (C=O) groups is 2. The van der Waals surface area contributed by atoms with Gasteiger partial charge in [0.05, 0.1) is 11.3 Å². The minimum absolute atomic E-state index is 0.282. The molecular weight excluding hydrogens is 405 g/mol. The number of hydrogen-bond acceptors (Lipinski definition) is 6. The molecule has 1 amide bonds. The van der Waals surface area contributed by atoms with E-state index in [0.29, 0.717) is 22.0 Å². The number of hydrogen-bond donors (Lipinski definition) is 0. The van der Waals surface area contributed by atoms with Gasteiger partial charge in [0, 0.05) is 13.8 Å². The molecule has 0 aliphatic rings. The predicted octanol–water partition coefficient (Wildman–Crippen LogP) is 5.11. The predicted molar refractivity (Wildman–Crippen MR) is 113 cm³/mol. The van der Waals surface area contributed by atoms with E-state index in [1.165, 1.54) is 36.9 Å². The number of esters is 1. The van der Waals surface area contributed by atoms with Crippen LogP contribution in [0.5, 0.6) is 5.75 Å². The lowest BCUT2D eigenvalue weighted by atomic mass is 10.1. The van der Waals surface area contributed by atoms with E-state index in [1.54, 1.807) is 12.1 Å². The average Bonchev–Trinajstić information content (AvgIpc) is 3.16. The Morgan fingerprint density at radius 1 is 0.967 bits per heavy atom. The molecule has 150 valence electrons. The van der Waals surface area contributed by atoms with E-state index in [-0.39, 0.29) is 11.0 Å². The summed E-state index contributed by atoms with van der Waals surface area (Å²) in [5.74, 6) is -0.900. The number of aromatic nitrogens is 2. The number of rotatable bonds is 4. The van der Waals surface area contributed by atoms with E-state index in [1.807, 2.05) is 30.3 Å². The van der Waals surface area contributed by atoms with Crippen molar-refractivity contribution in [3.8, 4) is 16.3 Å². The van der Waals surface area contributed by atoms with E-state index in [4.69, 9.17) is 4.74 Å². The fraction of sp³-hybridized carbons (Fsp3) is 0.0909. The number of amides is 1. The van der Waals surface area contributed by atoms with Gasteiger partial charge in [-0.15, -0.1) is 10.2 Å². The smallest absolute Gasteiger partial charge is 0.308 e. The van der Waals surface area contributed by atoms with Crippen molar-refractivity contribution >= 4 is 44.8 Å². The van der Waals surface area contributed by atoms with Crippen LogP contribution in [0.2, 0.25) is 0 Å². The zero-order valence-corrected chi connectivity index (χ0v) is 16.9. The Balaban J connectivity index is 1.82. The third-order valence-corrected chi connectivity index (χ3v) is 5.26. The SMILES string of the molecule is CC(=O)Oc1cc2ccccc2cc1-c1nnc(N(C(C)=O)c2cccc(F)c2)s1. The van der Waals surface area contributed by atoms with Gasteiger partial charge in [-0.2, -0.15) is 0 Å². The summed E-state index contributed by atoms with van der Waals surface area (Å²) in [5, 5.41) is 10.9. The summed E-state index contributed by atoms with van der Waals surface area (Å²) in [6, 6.07) is 17.0. The molecule has 0 bridgehead atoms. The highest BCUT2D eigenvalue weighted by Gasteiger charge is 2.22. The normalized spacial score (nSPS) is 10.8. The van der Waals surface area contributed by atoms with Crippen LogP contribution in [0.1, 0.15) is 13.8 Å². The Morgan fingerprint density at radius 3 is 2.37 bits per heavy atom. The molecule has 4 aromatic rings. The molecule has 0 atom stereocenters. The fourth-order valence-corrected chi connectivity index (χ4v) is 4.01. The molecule has 6 nitrogen and oxygen atoms in total. The standard InChI is InChI=1S/C22H16FN3O3S/c1-13(27)26(18-9-5-8-17(23)12-18)22-25-24-21(30-22)19-10-15-6-3-4-7-16(15)11-20(19)29-14(2)28/h3-12H,1-2H3. The van der Waals surface area contributed by atoms with E-state index < -0.39 is 11.8 Å². The topological polar surface area (TPSA) is 72.4 Å². The second kappa shape index (κ2) is 8.00. The van der Waals surface area contributed by atoms with Crippen LogP contribution in [0.3, 0.4) is 0 Å². The highest BCUT2D eigenvalue weighted by Crippen LogP contribution is 2.39. The Kier molecular flexibility index (Phi) is 5.24. The molecule has 4 rings (SSSR count). The zero-order chi connectivity index (χ0) is 21.3. The fourth-order valence-electron chi connectivity index (χ4n) is 3.08. The first-order chi connectivity index (χ1) is 14.4. The highest BCUT2D eigenvalue weighted by molar-refractivity contribution is 7.18. The van der Waals surface area contributed by atoms with Gasteiger partial charge < -0.3 is 4.74 Å². The molecule has 1 heterocycles. The highest BCUT2D eigenvalue weighted by atomic mass is 32.1. The summed E-state index contributed by atoms with van der Waals surface area (Å²) in [7, 11) is 0. The molecule has 0 unspecified atom stereocenters. The molecule has 0 saturated heterocycles. The Labute approximate surface area is 175 Å². The van der Waals surface area contributed by atoms with Crippen LogP contribution >= 0.6 is 11.3 Å². The van der Waals surface area contributed by atoms with Crippen molar-refractivity contribution in [3.63, 3.8) is 0 Å². The number of fused-ring (bicyclic) bond motifs is 1.